The number of aromatic nitrogens is 1. The molecule has 1 aromatic heterocycles. The zero-order valence-corrected chi connectivity index (χ0v) is 12.2. The van der Waals surface area contributed by atoms with Crippen LogP contribution in [0.5, 0.6) is 0 Å². The minimum atomic E-state index is -0.150. The van der Waals surface area contributed by atoms with Gasteiger partial charge in [0.2, 0.25) is 0 Å². The van der Waals surface area contributed by atoms with Gasteiger partial charge in [0.15, 0.2) is 11.4 Å². The maximum atomic E-state index is 11.1. The van der Waals surface area contributed by atoms with Gasteiger partial charge >= 0.3 is 0 Å². The largest absolute Gasteiger partial charge is 0.372 e. The molecule has 18 heavy (non-hydrogen) atoms. The summed E-state index contributed by atoms with van der Waals surface area (Å²) in [5.74, 6) is 0.282. The molecule has 1 fully saturated rings. The summed E-state index contributed by atoms with van der Waals surface area (Å²) < 4.78 is 5.69. The number of carbonyl (C=O) groups excluding carboxylic acids is 1. The molecule has 2 rings (SSSR count). The summed E-state index contributed by atoms with van der Waals surface area (Å²) >= 11 is 1.49. The lowest BCUT2D eigenvalue weighted by atomic mass is 10.1. The molecule has 0 atom stereocenters. The molecule has 0 radical (unpaired) electrons. The molecule has 1 aliphatic heterocycles. The van der Waals surface area contributed by atoms with Crippen LogP contribution in [0.1, 0.15) is 49.0 Å². The Kier molecular flexibility index (Phi) is 3.73. The van der Waals surface area contributed by atoms with Crippen molar-refractivity contribution in [1.29, 1.82) is 0 Å². The predicted octanol–water partition coefficient (Wildman–Crippen LogP) is 2.69. The van der Waals surface area contributed by atoms with Crippen LogP contribution in [0.4, 0.5) is 5.13 Å². The number of hydrogen-bond acceptors (Lipinski definition) is 5. The molecule has 0 unspecified atom stereocenters. The van der Waals surface area contributed by atoms with Gasteiger partial charge in [-0.2, -0.15) is 0 Å². The highest BCUT2D eigenvalue weighted by Gasteiger charge is 2.29. The van der Waals surface area contributed by atoms with Crippen LogP contribution in [0, 0.1) is 0 Å². The summed E-state index contributed by atoms with van der Waals surface area (Å²) in [4.78, 5) is 18.7. The normalized spacial score (nSPS) is 19.3. The molecule has 0 saturated carbocycles. The molecule has 2 heterocycles. The van der Waals surface area contributed by atoms with Gasteiger partial charge in [0, 0.05) is 13.1 Å². The summed E-state index contributed by atoms with van der Waals surface area (Å²) in [7, 11) is 0. The molecule has 0 N–H and O–H groups in total. The minimum absolute atomic E-state index is 0.150. The van der Waals surface area contributed by atoms with Gasteiger partial charge in [0.25, 0.3) is 0 Å². The second-order valence-corrected chi connectivity index (χ2v) is 6.56. The Balaban J connectivity index is 2.25. The van der Waals surface area contributed by atoms with Gasteiger partial charge < -0.3 is 9.64 Å². The van der Waals surface area contributed by atoms with Gasteiger partial charge in [0.1, 0.15) is 0 Å². The quantitative estimate of drug-likeness (QED) is 0.790. The molecular weight excluding hydrogens is 248 g/mol. The van der Waals surface area contributed by atoms with Crippen molar-refractivity contribution in [3.8, 4) is 0 Å². The Hall–Kier alpha value is -0.940. The second-order valence-electron chi connectivity index (χ2n) is 5.55. The Labute approximate surface area is 112 Å². The number of aldehydes is 1. The molecule has 5 heteroatoms. The number of rotatable bonds is 3. The fourth-order valence-corrected chi connectivity index (χ4v) is 3.20. The van der Waals surface area contributed by atoms with E-state index < -0.39 is 0 Å². The van der Waals surface area contributed by atoms with E-state index in [0.717, 1.165) is 35.1 Å². The Bertz CT molecular complexity index is 440. The van der Waals surface area contributed by atoms with Gasteiger partial charge in [-0.15, -0.1) is 0 Å². The van der Waals surface area contributed by atoms with E-state index in [1.807, 2.05) is 0 Å². The van der Waals surface area contributed by atoms with Gasteiger partial charge in [-0.05, 0) is 19.8 Å². The topological polar surface area (TPSA) is 42.4 Å². The molecule has 0 bridgehead atoms. The SMILES string of the molecule is CC(C)c1nc(N2CCOC(C)(C)C2)sc1C=O. The Morgan fingerprint density at radius 1 is 1.50 bits per heavy atom. The van der Waals surface area contributed by atoms with E-state index in [-0.39, 0.29) is 11.5 Å². The first-order valence-electron chi connectivity index (χ1n) is 6.28. The van der Waals surface area contributed by atoms with Gasteiger partial charge in [0.05, 0.1) is 22.8 Å². The number of carbonyl (C=O) groups is 1. The fraction of sp³-hybridized carbons (Fsp3) is 0.692. The lowest BCUT2D eigenvalue weighted by Gasteiger charge is -2.38. The molecule has 0 amide bonds. The standard InChI is InChI=1S/C13H20N2O2S/c1-9(2)11-10(7-16)18-12(14-11)15-5-6-17-13(3,4)8-15/h7,9H,5-6,8H2,1-4H3. The molecule has 1 saturated heterocycles. The first kappa shape index (κ1) is 13.5. The molecule has 4 nitrogen and oxygen atoms in total. The van der Waals surface area contributed by atoms with Crippen molar-refractivity contribution in [3.05, 3.63) is 10.6 Å². The number of anilines is 1. The van der Waals surface area contributed by atoms with E-state index in [4.69, 9.17) is 4.74 Å². The highest BCUT2D eigenvalue weighted by Crippen LogP contribution is 2.31. The summed E-state index contributed by atoms with van der Waals surface area (Å²) in [6, 6.07) is 0. The van der Waals surface area contributed by atoms with Gasteiger partial charge in [-0.1, -0.05) is 25.2 Å². The van der Waals surface area contributed by atoms with Gasteiger partial charge in [-0.25, -0.2) is 4.98 Å². The third kappa shape index (κ3) is 2.72. The molecule has 0 aliphatic carbocycles. The van der Waals surface area contributed by atoms with Crippen LogP contribution in [0.3, 0.4) is 0 Å². The number of ether oxygens (including phenoxy) is 1. The van der Waals surface area contributed by atoms with Crippen molar-refractivity contribution < 1.29 is 9.53 Å². The number of hydrogen-bond donors (Lipinski definition) is 0. The lowest BCUT2D eigenvalue weighted by molar-refractivity contribution is -0.0277. The van der Waals surface area contributed by atoms with Crippen molar-refractivity contribution in [2.24, 2.45) is 0 Å². The maximum absolute atomic E-state index is 11.1. The van der Waals surface area contributed by atoms with Crippen LogP contribution < -0.4 is 4.90 Å². The lowest BCUT2D eigenvalue weighted by Crippen LogP contribution is -2.48. The Morgan fingerprint density at radius 2 is 2.22 bits per heavy atom. The van der Waals surface area contributed by atoms with Crippen LogP contribution in [0.15, 0.2) is 0 Å². The first-order chi connectivity index (χ1) is 8.43. The van der Waals surface area contributed by atoms with E-state index in [1.54, 1.807) is 0 Å². The van der Waals surface area contributed by atoms with E-state index in [9.17, 15) is 4.79 Å². The average molecular weight is 268 g/mol. The van der Waals surface area contributed by atoms with Gasteiger partial charge in [-0.3, -0.25) is 4.79 Å². The third-order valence-electron chi connectivity index (χ3n) is 3.02. The average Bonchev–Trinajstić information content (AvgIpc) is 2.71. The highest BCUT2D eigenvalue weighted by atomic mass is 32.1. The molecule has 100 valence electrons. The fourth-order valence-electron chi connectivity index (χ4n) is 2.14. The molecule has 1 aliphatic rings. The van der Waals surface area contributed by atoms with E-state index >= 15 is 0 Å². The van der Waals surface area contributed by atoms with Crippen molar-refractivity contribution in [2.45, 2.75) is 39.2 Å². The molecule has 0 spiro atoms. The Morgan fingerprint density at radius 3 is 2.72 bits per heavy atom. The third-order valence-corrected chi connectivity index (χ3v) is 4.08. The van der Waals surface area contributed by atoms with Crippen LogP contribution in [0.2, 0.25) is 0 Å². The first-order valence-corrected chi connectivity index (χ1v) is 7.09. The zero-order valence-electron chi connectivity index (χ0n) is 11.4. The van der Waals surface area contributed by atoms with Crippen molar-refractivity contribution in [2.75, 3.05) is 24.6 Å². The monoisotopic (exact) mass is 268 g/mol. The number of nitrogens with zero attached hydrogens (tertiary/aromatic N) is 2. The highest BCUT2D eigenvalue weighted by molar-refractivity contribution is 7.17. The van der Waals surface area contributed by atoms with E-state index in [0.29, 0.717) is 6.61 Å². The summed E-state index contributed by atoms with van der Waals surface area (Å²) in [6.45, 7) is 10.7. The van der Waals surface area contributed by atoms with Crippen molar-refractivity contribution in [3.63, 3.8) is 0 Å². The van der Waals surface area contributed by atoms with E-state index in [1.165, 1.54) is 11.3 Å². The van der Waals surface area contributed by atoms with Crippen molar-refractivity contribution in [1.82, 2.24) is 4.98 Å². The molecule has 1 aromatic rings. The number of morpholine rings is 1. The smallest absolute Gasteiger partial charge is 0.186 e. The second kappa shape index (κ2) is 4.97. The number of thiazole rings is 1. The van der Waals surface area contributed by atoms with E-state index in [2.05, 4.69) is 37.6 Å². The molecule has 0 aromatic carbocycles. The van der Waals surface area contributed by atoms with Crippen LogP contribution in [0.25, 0.3) is 0 Å². The summed E-state index contributed by atoms with van der Waals surface area (Å²) in [5.41, 5.74) is 0.762. The zero-order chi connectivity index (χ0) is 13.3. The summed E-state index contributed by atoms with van der Waals surface area (Å²) in [6.07, 6.45) is 0.919. The maximum Gasteiger partial charge on any atom is 0.186 e. The van der Waals surface area contributed by atoms with Crippen LogP contribution in [-0.2, 0) is 4.74 Å². The summed E-state index contributed by atoms with van der Waals surface area (Å²) in [5, 5.41) is 0.942. The van der Waals surface area contributed by atoms with Crippen LogP contribution in [-0.4, -0.2) is 36.6 Å². The predicted molar refractivity (Wildman–Crippen MR) is 73.8 cm³/mol. The van der Waals surface area contributed by atoms with Crippen LogP contribution >= 0.6 is 11.3 Å². The minimum Gasteiger partial charge on any atom is -0.372 e. The molecular formula is C13H20N2O2S. The van der Waals surface area contributed by atoms with Crippen molar-refractivity contribution >= 4 is 22.8 Å².